The van der Waals surface area contributed by atoms with Crippen LogP contribution in [0.4, 0.5) is 0 Å². The smallest absolute Gasteiger partial charge is 0.342 e. The highest BCUT2D eigenvalue weighted by atomic mass is 16.4. The van der Waals surface area contributed by atoms with Crippen LogP contribution in [-0.2, 0) is 0 Å². The van der Waals surface area contributed by atoms with Gasteiger partial charge in [0.15, 0.2) is 5.58 Å². The molecular weight excluding hydrogens is 182 g/mol. The Morgan fingerprint density at radius 1 is 1.43 bits per heavy atom. The van der Waals surface area contributed by atoms with E-state index in [0.29, 0.717) is 11.0 Å². The van der Waals surface area contributed by atoms with Crippen molar-refractivity contribution in [3.8, 4) is 5.75 Å². The summed E-state index contributed by atoms with van der Waals surface area (Å²) in [6.07, 6.45) is 1.44. The van der Waals surface area contributed by atoms with E-state index in [0.717, 1.165) is 5.69 Å². The summed E-state index contributed by atoms with van der Waals surface area (Å²) in [7, 11) is 0. The molecule has 0 unspecified atom stereocenters. The fourth-order valence-corrected chi connectivity index (χ4v) is 1.29. The van der Waals surface area contributed by atoms with E-state index in [1.807, 2.05) is 0 Å². The molecule has 0 atom stereocenters. The van der Waals surface area contributed by atoms with Crippen molar-refractivity contribution in [2.45, 2.75) is 13.8 Å². The molecule has 2 heterocycles. The topological polar surface area (TPSA) is 63.3 Å². The first-order valence-electron chi connectivity index (χ1n) is 4.18. The van der Waals surface area contributed by atoms with Gasteiger partial charge in [0.05, 0.1) is 17.1 Å². The Morgan fingerprint density at radius 3 is 2.86 bits per heavy atom. The number of pyridine rings is 1. The predicted octanol–water partition coefficient (Wildman–Crippen LogP) is 1.51. The Balaban J connectivity index is 2.99. The lowest BCUT2D eigenvalue weighted by molar-refractivity contribution is 0.461. The molecule has 0 saturated heterocycles. The van der Waals surface area contributed by atoms with Crippen molar-refractivity contribution in [2.75, 3.05) is 0 Å². The molecule has 0 spiro atoms. The minimum absolute atomic E-state index is 0.0262. The molecule has 0 radical (unpaired) electrons. The first-order chi connectivity index (χ1) is 6.59. The second-order valence-corrected chi connectivity index (χ2v) is 3.18. The third kappa shape index (κ3) is 1.16. The Hall–Kier alpha value is -1.84. The molecule has 2 aromatic rings. The highest BCUT2D eigenvalue weighted by Gasteiger charge is 2.09. The van der Waals surface area contributed by atoms with Crippen LogP contribution in [0.1, 0.15) is 11.3 Å². The average Bonchev–Trinajstić information content (AvgIpc) is 2.16. The van der Waals surface area contributed by atoms with Crippen LogP contribution in [0.3, 0.4) is 0 Å². The molecule has 72 valence electrons. The van der Waals surface area contributed by atoms with E-state index in [4.69, 9.17) is 4.42 Å². The highest BCUT2D eigenvalue weighted by molar-refractivity contribution is 5.83. The second kappa shape index (κ2) is 2.83. The van der Waals surface area contributed by atoms with Gasteiger partial charge in [-0.2, -0.15) is 0 Å². The van der Waals surface area contributed by atoms with Crippen molar-refractivity contribution < 1.29 is 9.52 Å². The summed E-state index contributed by atoms with van der Waals surface area (Å²) in [5.41, 5.74) is 0.772. The number of aryl methyl sites for hydroxylation is 1. The second-order valence-electron chi connectivity index (χ2n) is 3.18. The molecule has 0 fully saturated rings. The molecule has 0 aliphatic rings. The minimum atomic E-state index is -0.527. The summed E-state index contributed by atoms with van der Waals surface area (Å²) < 4.78 is 4.95. The molecule has 2 rings (SSSR count). The maximum Gasteiger partial charge on any atom is 0.342 e. The van der Waals surface area contributed by atoms with Crippen molar-refractivity contribution in [3.63, 3.8) is 0 Å². The molecule has 0 bridgehead atoms. The third-order valence-electron chi connectivity index (χ3n) is 2.12. The number of nitrogens with zero attached hydrogens (tertiary/aromatic N) is 1. The number of rotatable bonds is 0. The number of fused-ring (bicyclic) bond motifs is 1. The van der Waals surface area contributed by atoms with Gasteiger partial charge < -0.3 is 9.52 Å². The molecule has 0 aliphatic heterocycles. The van der Waals surface area contributed by atoms with Crippen LogP contribution in [0, 0.1) is 13.8 Å². The van der Waals surface area contributed by atoms with Gasteiger partial charge in [-0.3, -0.25) is 4.98 Å². The van der Waals surface area contributed by atoms with E-state index < -0.39 is 5.63 Å². The third-order valence-corrected chi connectivity index (χ3v) is 2.12. The minimum Gasteiger partial charge on any atom is -0.507 e. The van der Waals surface area contributed by atoms with E-state index in [2.05, 4.69) is 4.98 Å². The molecule has 0 amide bonds. The molecule has 4 nitrogen and oxygen atoms in total. The Kier molecular flexibility index (Phi) is 1.77. The summed E-state index contributed by atoms with van der Waals surface area (Å²) in [6, 6.07) is 1.68. The van der Waals surface area contributed by atoms with Gasteiger partial charge in [0, 0.05) is 5.69 Å². The van der Waals surface area contributed by atoms with Crippen molar-refractivity contribution >= 4 is 11.0 Å². The SMILES string of the molecule is Cc1cc2c(O)c(C)c(=O)oc2cn1. The lowest BCUT2D eigenvalue weighted by Gasteiger charge is -2.02. The van der Waals surface area contributed by atoms with Crippen molar-refractivity contribution in [2.24, 2.45) is 0 Å². The number of hydrogen-bond acceptors (Lipinski definition) is 4. The van der Waals surface area contributed by atoms with Gasteiger partial charge in [-0.05, 0) is 19.9 Å². The van der Waals surface area contributed by atoms with Gasteiger partial charge >= 0.3 is 5.63 Å². The van der Waals surface area contributed by atoms with Crippen LogP contribution in [0.15, 0.2) is 21.5 Å². The zero-order valence-corrected chi connectivity index (χ0v) is 7.87. The maximum atomic E-state index is 11.2. The normalized spacial score (nSPS) is 10.7. The van der Waals surface area contributed by atoms with Crippen LogP contribution >= 0.6 is 0 Å². The number of aromatic hydroxyl groups is 1. The van der Waals surface area contributed by atoms with Gasteiger partial charge in [0.2, 0.25) is 0 Å². The fraction of sp³-hybridized carbons (Fsp3) is 0.200. The lowest BCUT2D eigenvalue weighted by atomic mass is 10.2. The van der Waals surface area contributed by atoms with E-state index in [1.54, 1.807) is 13.0 Å². The summed E-state index contributed by atoms with van der Waals surface area (Å²) in [4.78, 5) is 15.2. The monoisotopic (exact) mass is 191 g/mol. The van der Waals surface area contributed by atoms with Crippen molar-refractivity contribution in [3.05, 3.63) is 33.9 Å². The van der Waals surface area contributed by atoms with E-state index in [1.165, 1.54) is 13.1 Å². The number of hydrogen-bond donors (Lipinski definition) is 1. The quantitative estimate of drug-likeness (QED) is 0.685. The van der Waals surface area contributed by atoms with E-state index >= 15 is 0 Å². The largest absolute Gasteiger partial charge is 0.507 e. The van der Waals surface area contributed by atoms with Crippen LogP contribution in [-0.4, -0.2) is 10.1 Å². The first kappa shape index (κ1) is 8.74. The summed E-state index contributed by atoms with van der Waals surface area (Å²) in [5.74, 6) is -0.0262. The van der Waals surface area contributed by atoms with E-state index in [-0.39, 0.29) is 11.3 Å². The van der Waals surface area contributed by atoms with Crippen LogP contribution in [0.5, 0.6) is 5.75 Å². The summed E-state index contributed by atoms with van der Waals surface area (Å²) in [5, 5.41) is 10.2. The standard InChI is InChI=1S/C10H9NO3/c1-5-3-7-8(4-11-5)14-10(13)6(2)9(7)12/h3-4,12H,1-2H3. The molecule has 4 heteroatoms. The van der Waals surface area contributed by atoms with Gasteiger partial charge in [-0.1, -0.05) is 0 Å². The molecule has 0 saturated carbocycles. The van der Waals surface area contributed by atoms with Crippen molar-refractivity contribution in [1.29, 1.82) is 0 Å². The highest BCUT2D eigenvalue weighted by Crippen LogP contribution is 2.25. The summed E-state index contributed by atoms with van der Waals surface area (Å²) in [6.45, 7) is 3.33. The molecule has 14 heavy (non-hydrogen) atoms. The zero-order valence-electron chi connectivity index (χ0n) is 7.87. The maximum absolute atomic E-state index is 11.2. The molecule has 2 aromatic heterocycles. The Morgan fingerprint density at radius 2 is 2.14 bits per heavy atom. The van der Waals surface area contributed by atoms with E-state index in [9.17, 15) is 9.90 Å². The molecule has 1 N–H and O–H groups in total. The Labute approximate surface area is 79.8 Å². The summed E-state index contributed by atoms with van der Waals surface area (Å²) >= 11 is 0. The van der Waals surface area contributed by atoms with Gasteiger partial charge in [-0.25, -0.2) is 4.79 Å². The van der Waals surface area contributed by atoms with Gasteiger partial charge in [0.1, 0.15) is 5.75 Å². The van der Waals surface area contributed by atoms with Crippen molar-refractivity contribution in [1.82, 2.24) is 4.98 Å². The van der Waals surface area contributed by atoms with Gasteiger partial charge in [0.25, 0.3) is 0 Å². The average molecular weight is 191 g/mol. The van der Waals surface area contributed by atoms with Gasteiger partial charge in [-0.15, -0.1) is 0 Å². The lowest BCUT2D eigenvalue weighted by Crippen LogP contribution is -2.03. The molecule has 0 aliphatic carbocycles. The first-order valence-corrected chi connectivity index (χ1v) is 4.18. The predicted molar refractivity (Wildman–Crippen MR) is 51.4 cm³/mol. The zero-order chi connectivity index (χ0) is 10.3. The van der Waals surface area contributed by atoms with Crippen LogP contribution in [0.2, 0.25) is 0 Å². The molecular formula is C10H9NO3. The number of aromatic nitrogens is 1. The van der Waals surface area contributed by atoms with Crippen LogP contribution in [0.25, 0.3) is 11.0 Å². The van der Waals surface area contributed by atoms with Crippen LogP contribution < -0.4 is 5.63 Å². The fourth-order valence-electron chi connectivity index (χ4n) is 1.29. The Bertz CT molecular complexity index is 557. The molecule has 0 aromatic carbocycles.